The number of thiazole rings is 1. The van der Waals surface area contributed by atoms with Gasteiger partial charge in [-0.15, -0.1) is 11.3 Å². The van der Waals surface area contributed by atoms with Gasteiger partial charge in [0.1, 0.15) is 0 Å². The van der Waals surface area contributed by atoms with Gasteiger partial charge in [0.2, 0.25) is 0 Å². The second kappa shape index (κ2) is 5.05. The van der Waals surface area contributed by atoms with Gasteiger partial charge in [-0.3, -0.25) is 0 Å². The Hall–Kier alpha value is -2.08. The number of carbonyl (C=O) groups is 1. The molecule has 0 bridgehead atoms. The quantitative estimate of drug-likeness (QED) is 0.825. The van der Waals surface area contributed by atoms with Crippen molar-refractivity contribution in [1.82, 2.24) is 4.98 Å². The predicted molar refractivity (Wildman–Crippen MR) is 72.0 cm³/mol. The van der Waals surface area contributed by atoms with Gasteiger partial charge in [-0.1, -0.05) is 0 Å². The minimum Gasteiger partial charge on any atom is -0.478 e. The molecule has 1 aromatic carbocycles. The van der Waals surface area contributed by atoms with Gasteiger partial charge in [-0.25, -0.2) is 9.78 Å². The van der Waals surface area contributed by atoms with E-state index in [2.05, 4.69) is 4.98 Å². The lowest BCUT2D eigenvalue weighted by atomic mass is 10.1. The Morgan fingerprint density at radius 1 is 1.56 bits per heavy atom. The average molecular weight is 263 g/mol. The van der Waals surface area contributed by atoms with E-state index in [0.29, 0.717) is 17.9 Å². The van der Waals surface area contributed by atoms with Crippen molar-refractivity contribution in [2.24, 2.45) is 0 Å². The number of hydrogen-bond donors (Lipinski definition) is 2. The number of carboxylic acids is 1. The first-order valence-electron chi connectivity index (χ1n) is 5.29. The smallest absolute Gasteiger partial charge is 0.337 e. The largest absolute Gasteiger partial charge is 0.478 e. The Morgan fingerprint density at radius 3 is 2.94 bits per heavy atom. The Kier molecular flexibility index (Phi) is 3.47. The summed E-state index contributed by atoms with van der Waals surface area (Å²) in [6.07, 6.45) is 0. The lowest BCUT2D eigenvalue weighted by molar-refractivity contribution is 0.0697. The van der Waals surface area contributed by atoms with E-state index in [0.717, 1.165) is 5.69 Å². The first-order valence-corrected chi connectivity index (χ1v) is 6.23. The number of aromatic carboxylic acids is 1. The summed E-state index contributed by atoms with van der Waals surface area (Å²) in [6.45, 7) is 0.549. The molecule has 6 heteroatoms. The van der Waals surface area contributed by atoms with Gasteiger partial charge in [-0.2, -0.15) is 0 Å². The molecule has 0 spiro atoms. The summed E-state index contributed by atoms with van der Waals surface area (Å²) in [7, 11) is 1.82. The maximum absolute atomic E-state index is 11.2. The molecular formula is C12H13N3O2S. The van der Waals surface area contributed by atoms with Crippen molar-refractivity contribution in [3.05, 3.63) is 40.3 Å². The third-order valence-corrected chi connectivity index (χ3v) is 3.18. The fourth-order valence-electron chi connectivity index (χ4n) is 1.69. The average Bonchev–Trinajstić information content (AvgIpc) is 2.81. The number of anilines is 2. The van der Waals surface area contributed by atoms with E-state index in [1.165, 1.54) is 17.4 Å². The van der Waals surface area contributed by atoms with Crippen LogP contribution < -0.4 is 10.6 Å². The molecule has 0 aliphatic carbocycles. The van der Waals surface area contributed by atoms with Crippen molar-refractivity contribution in [2.75, 3.05) is 17.7 Å². The van der Waals surface area contributed by atoms with Gasteiger partial charge in [0.25, 0.3) is 0 Å². The number of benzene rings is 1. The summed E-state index contributed by atoms with van der Waals surface area (Å²) in [5, 5.41) is 11.1. The minimum absolute atomic E-state index is 0.238. The molecule has 18 heavy (non-hydrogen) atoms. The molecule has 0 saturated heterocycles. The molecular weight excluding hydrogens is 250 g/mol. The first kappa shape index (κ1) is 12.4. The second-order valence-corrected chi connectivity index (χ2v) is 4.64. The van der Waals surface area contributed by atoms with Gasteiger partial charge < -0.3 is 15.7 Å². The van der Waals surface area contributed by atoms with Crippen LogP contribution in [0.4, 0.5) is 11.4 Å². The highest BCUT2D eigenvalue weighted by Crippen LogP contribution is 2.24. The van der Waals surface area contributed by atoms with E-state index < -0.39 is 5.97 Å². The molecule has 0 fully saturated rings. The molecule has 2 aromatic rings. The highest BCUT2D eigenvalue weighted by Gasteiger charge is 2.14. The summed E-state index contributed by atoms with van der Waals surface area (Å²) in [4.78, 5) is 17.2. The molecule has 0 amide bonds. The van der Waals surface area contributed by atoms with Gasteiger partial charge in [0.15, 0.2) is 0 Å². The summed E-state index contributed by atoms with van der Waals surface area (Å²) >= 11 is 1.51. The van der Waals surface area contributed by atoms with Crippen LogP contribution in [-0.4, -0.2) is 23.1 Å². The van der Waals surface area contributed by atoms with E-state index in [1.807, 2.05) is 17.3 Å². The fourth-order valence-corrected chi connectivity index (χ4v) is 2.24. The van der Waals surface area contributed by atoms with E-state index in [-0.39, 0.29) is 5.56 Å². The minimum atomic E-state index is -0.963. The van der Waals surface area contributed by atoms with Gasteiger partial charge >= 0.3 is 5.97 Å². The van der Waals surface area contributed by atoms with Crippen LogP contribution in [0.5, 0.6) is 0 Å². The molecule has 5 nitrogen and oxygen atoms in total. The van der Waals surface area contributed by atoms with Crippen LogP contribution in [0.2, 0.25) is 0 Å². The van der Waals surface area contributed by atoms with Crippen LogP contribution in [-0.2, 0) is 6.54 Å². The number of aromatic nitrogens is 1. The number of rotatable bonds is 4. The van der Waals surface area contributed by atoms with E-state index in [4.69, 9.17) is 10.8 Å². The Bertz CT molecular complexity index is 554. The molecule has 1 aromatic heterocycles. The summed E-state index contributed by atoms with van der Waals surface area (Å²) in [5.41, 5.74) is 9.73. The molecule has 2 rings (SSSR count). The van der Waals surface area contributed by atoms with Crippen LogP contribution >= 0.6 is 11.3 Å². The Balaban J connectivity index is 2.31. The summed E-state index contributed by atoms with van der Waals surface area (Å²) in [5.74, 6) is -0.963. The first-order chi connectivity index (χ1) is 8.58. The van der Waals surface area contributed by atoms with Gasteiger partial charge in [-0.05, 0) is 18.2 Å². The molecule has 0 radical (unpaired) electrons. The van der Waals surface area contributed by atoms with Crippen molar-refractivity contribution in [1.29, 1.82) is 0 Å². The van der Waals surface area contributed by atoms with Crippen molar-refractivity contribution < 1.29 is 9.90 Å². The molecule has 0 saturated carbocycles. The predicted octanol–water partition coefficient (Wildman–Crippen LogP) is 2.06. The molecule has 0 unspecified atom stereocenters. The fraction of sp³-hybridized carbons (Fsp3) is 0.167. The van der Waals surface area contributed by atoms with Crippen molar-refractivity contribution in [3.8, 4) is 0 Å². The van der Waals surface area contributed by atoms with Crippen LogP contribution in [0.3, 0.4) is 0 Å². The topological polar surface area (TPSA) is 79.5 Å². The lowest BCUT2D eigenvalue weighted by Gasteiger charge is -2.20. The van der Waals surface area contributed by atoms with Crippen molar-refractivity contribution >= 4 is 28.7 Å². The highest BCUT2D eigenvalue weighted by molar-refractivity contribution is 7.07. The van der Waals surface area contributed by atoms with Crippen LogP contribution in [0, 0.1) is 0 Å². The van der Waals surface area contributed by atoms with Crippen molar-refractivity contribution in [3.63, 3.8) is 0 Å². The molecule has 0 aliphatic heterocycles. The molecule has 0 atom stereocenters. The third-order valence-electron chi connectivity index (χ3n) is 2.55. The summed E-state index contributed by atoms with van der Waals surface area (Å²) in [6, 6.07) is 4.77. The maximum atomic E-state index is 11.2. The highest BCUT2D eigenvalue weighted by atomic mass is 32.1. The number of carboxylic acid groups (broad SMARTS) is 1. The number of hydrogen-bond acceptors (Lipinski definition) is 5. The van der Waals surface area contributed by atoms with E-state index >= 15 is 0 Å². The molecule has 3 N–H and O–H groups in total. The normalized spacial score (nSPS) is 10.3. The number of nitrogens with zero attached hydrogens (tertiary/aromatic N) is 2. The van der Waals surface area contributed by atoms with E-state index in [9.17, 15) is 4.79 Å². The third kappa shape index (κ3) is 2.60. The number of nitrogen functional groups attached to an aromatic ring is 1. The van der Waals surface area contributed by atoms with Gasteiger partial charge in [0, 0.05) is 18.1 Å². The lowest BCUT2D eigenvalue weighted by Crippen LogP contribution is -2.19. The van der Waals surface area contributed by atoms with Crippen LogP contribution in [0.25, 0.3) is 0 Å². The monoisotopic (exact) mass is 263 g/mol. The summed E-state index contributed by atoms with van der Waals surface area (Å²) < 4.78 is 0. The zero-order valence-electron chi connectivity index (χ0n) is 9.83. The van der Waals surface area contributed by atoms with Crippen LogP contribution in [0.15, 0.2) is 29.1 Å². The van der Waals surface area contributed by atoms with Crippen molar-refractivity contribution in [2.45, 2.75) is 6.54 Å². The van der Waals surface area contributed by atoms with E-state index in [1.54, 1.807) is 17.6 Å². The molecule has 0 aliphatic rings. The van der Waals surface area contributed by atoms with Crippen LogP contribution in [0.1, 0.15) is 16.1 Å². The van der Waals surface area contributed by atoms with Gasteiger partial charge in [0.05, 0.1) is 29.0 Å². The zero-order chi connectivity index (χ0) is 13.1. The molecule has 94 valence electrons. The standard InChI is InChI=1S/C12H13N3O2S/c1-15(5-9-6-18-7-14-9)11-4-8(13)2-3-10(11)12(16)17/h2-4,6-7H,5,13H2,1H3,(H,16,17). The second-order valence-electron chi connectivity index (χ2n) is 3.92. The SMILES string of the molecule is CN(Cc1cscn1)c1cc(N)ccc1C(=O)O. The maximum Gasteiger partial charge on any atom is 0.337 e. The molecule has 1 heterocycles. The Morgan fingerprint density at radius 2 is 2.33 bits per heavy atom. The Labute approximate surface area is 108 Å². The number of nitrogens with two attached hydrogens (primary N) is 1. The zero-order valence-corrected chi connectivity index (χ0v) is 10.6.